The molecular formula is C22H22N4O3S2. The highest BCUT2D eigenvalue weighted by molar-refractivity contribution is 7.91. The lowest BCUT2D eigenvalue weighted by molar-refractivity contribution is 0.102. The number of hydrogen-bond donors (Lipinski definition) is 1. The van der Waals surface area contributed by atoms with Gasteiger partial charge in [-0.1, -0.05) is 18.3 Å². The summed E-state index contributed by atoms with van der Waals surface area (Å²) < 4.78 is 26.6. The second-order valence-corrected chi connectivity index (χ2v) is 10.7. The van der Waals surface area contributed by atoms with Crippen LogP contribution >= 0.6 is 11.3 Å². The van der Waals surface area contributed by atoms with Gasteiger partial charge in [0, 0.05) is 11.6 Å². The van der Waals surface area contributed by atoms with Crippen LogP contribution in [-0.4, -0.2) is 34.8 Å². The molecule has 2 aromatic heterocycles. The molecular weight excluding hydrogens is 432 g/mol. The molecule has 160 valence electrons. The Kier molecular flexibility index (Phi) is 5.40. The SMILES string of the molecule is CCS(=O)(=O)c1ccc(C(=O)Nc2cc(C)nn2-c2nc3cc(C)c(C)cc3s2)cc1. The summed E-state index contributed by atoms with van der Waals surface area (Å²) in [5, 5.41) is 8.02. The second kappa shape index (κ2) is 7.90. The van der Waals surface area contributed by atoms with E-state index in [-0.39, 0.29) is 16.6 Å². The van der Waals surface area contributed by atoms with E-state index in [0.29, 0.717) is 16.5 Å². The molecule has 7 nitrogen and oxygen atoms in total. The number of anilines is 1. The molecule has 31 heavy (non-hydrogen) atoms. The fourth-order valence-corrected chi connectivity index (χ4v) is 5.06. The average Bonchev–Trinajstić information content (AvgIpc) is 3.31. The maximum absolute atomic E-state index is 12.8. The third-order valence-electron chi connectivity index (χ3n) is 5.10. The second-order valence-electron chi connectivity index (χ2n) is 7.37. The lowest BCUT2D eigenvalue weighted by atomic mass is 10.1. The van der Waals surface area contributed by atoms with E-state index in [2.05, 4.69) is 35.3 Å². The van der Waals surface area contributed by atoms with E-state index >= 15 is 0 Å². The summed E-state index contributed by atoms with van der Waals surface area (Å²) in [7, 11) is -3.31. The molecule has 9 heteroatoms. The van der Waals surface area contributed by atoms with Crippen molar-refractivity contribution in [3.8, 4) is 5.13 Å². The predicted molar refractivity (Wildman–Crippen MR) is 123 cm³/mol. The van der Waals surface area contributed by atoms with Crippen LogP contribution in [0.5, 0.6) is 0 Å². The number of aromatic nitrogens is 3. The summed E-state index contributed by atoms with van der Waals surface area (Å²) in [6.07, 6.45) is 0. The number of nitrogens with one attached hydrogen (secondary N) is 1. The molecule has 0 aliphatic carbocycles. The molecule has 0 radical (unpaired) electrons. The van der Waals surface area contributed by atoms with Gasteiger partial charge >= 0.3 is 0 Å². The Bertz CT molecular complexity index is 1360. The van der Waals surface area contributed by atoms with Gasteiger partial charge in [-0.2, -0.15) is 9.78 Å². The summed E-state index contributed by atoms with van der Waals surface area (Å²) in [6, 6.07) is 11.8. The molecule has 0 fully saturated rings. The molecule has 4 aromatic rings. The van der Waals surface area contributed by atoms with Crippen molar-refractivity contribution in [2.75, 3.05) is 11.1 Å². The topological polar surface area (TPSA) is 94.0 Å². The number of fused-ring (bicyclic) bond motifs is 1. The van der Waals surface area contributed by atoms with Gasteiger partial charge < -0.3 is 5.32 Å². The zero-order chi connectivity index (χ0) is 22.3. The van der Waals surface area contributed by atoms with Gasteiger partial charge in [-0.05, 0) is 68.3 Å². The van der Waals surface area contributed by atoms with Crippen LogP contribution in [0.3, 0.4) is 0 Å². The lowest BCUT2D eigenvalue weighted by Crippen LogP contribution is -2.15. The number of carbonyl (C=O) groups excluding carboxylic acids is 1. The highest BCUT2D eigenvalue weighted by Gasteiger charge is 2.17. The van der Waals surface area contributed by atoms with E-state index < -0.39 is 9.84 Å². The monoisotopic (exact) mass is 454 g/mol. The maximum atomic E-state index is 12.8. The smallest absolute Gasteiger partial charge is 0.256 e. The zero-order valence-corrected chi connectivity index (χ0v) is 19.3. The minimum absolute atomic E-state index is 0.0121. The Hall–Kier alpha value is -3.04. The first-order valence-corrected chi connectivity index (χ1v) is 12.2. The Morgan fingerprint density at radius 3 is 2.42 bits per heavy atom. The first-order chi connectivity index (χ1) is 14.7. The Morgan fingerprint density at radius 1 is 1.06 bits per heavy atom. The summed E-state index contributed by atoms with van der Waals surface area (Å²) in [5.74, 6) is 0.160. The van der Waals surface area contributed by atoms with Gasteiger partial charge in [0.2, 0.25) is 5.13 Å². The molecule has 2 aromatic carbocycles. The third kappa shape index (κ3) is 4.11. The quantitative estimate of drug-likeness (QED) is 0.481. The zero-order valence-electron chi connectivity index (χ0n) is 17.6. The largest absolute Gasteiger partial charge is 0.306 e. The van der Waals surface area contributed by atoms with Crippen molar-refractivity contribution in [1.82, 2.24) is 14.8 Å². The standard InChI is InChI=1S/C22H22N4O3S2/c1-5-31(28,29)17-8-6-16(7-9-17)21(27)24-20-12-15(4)25-26(20)22-23-18-10-13(2)14(3)11-19(18)30-22/h6-12H,5H2,1-4H3,(H,24,27). The Balaban J connectivity index is 1.64. The van der Waals surface area contributed by atoms with Crippen molar-refractivity contribution in [3.05, 3.63) is 64.8 Å². The molecule has 0 atom stereocenters. The summed E-state index contributed by atoms with van der Waals surface area (Å²) in [6.45, 7) is 7.55. The number of aryl methyl sites for hydroxylation is 3. The summed E-state index contributed by atoms with van der Waals surface area (Å²) >= 11 is 1.50. The lowest BCUT2D eigenvalue weighted by Gasteiger charge is -2.07. The van der Waals surface area contributed by atoms with Crippen molar-refractivity contribution < 1.29 is 13.2 Å². The number of amides is 1. The van der Waals surface area contributed by atoms with Crippen molar-refractivity contribution in [1.29, 1.82) is 0 Å². The molecule has 0 aliphatic rings. The highest BCUT2D eigenvalue weighted by Crippen LogP contribution is 2.29. The third-order valence-corrected chi connectivity index (χ3v) is 7.85. The number of benzene rings is 2. The number of thiazole rings is 1. The van der Waals surface area contributed by atoms with Crippen LogP contribution in [0.25, 0.3) is 15.3 Å². The molecule has 0 spiro atoms. The molecule has 2 heterocycles. The van der Waals surface area contributed by atoms with E-state index in [1.54, 1.807) is 17.7 Å². The van der Waals surface area contributed by atoms with E-state index in [1.165, 1.54) is 46.7 Å². The molecule has 0 aliphatic heterocycles. The number of nitrogens with zero attached hydrogens (tertiary/aromatic N) is 3. The molecule has 0 saturated carbocycles. The fraction of sp³-hybridized carbons (Fsp3) is 0.227. The summed E-state index contributed by atoms with van der Waals surface area (Å²) in [4.78, 5) is 17.7. The highest BCUT2D eigenvalue weighted by atomic mass is 32.2. The van der Waals surface area contributed by atoms with Crippen LogP contribution in [0.2, 0.25) is 0 Å². The maximum Gasteiger partial charge on any atom is 0.256 e. The average molecular weight is 455 g/mol. The van der Waals surface area contributed by atoms with Gasteiger partial charge in [-0.25, -0.2) is 13.4 Å². The normalized spacial score (nSPS) is 11.7. The minimum atomic E-state index is -3.31. The van der Waals surface area contributed by atoms with Gasteiger partial charge in [0.25, 0.3) is 5.91 Å². The minimum Gasteiger partial charge on any atom is -0.306 e. The Morgan fingerprint density at radius 2 is 1.74 bits per heavy atom. The molecule has 4 rings (SSSR count). The van der Waals surface area contributed by atoms with Crippen molar-refractivity contribution in [3.63, 3.8) is 0 Å². The summed E-state index contributed by atoms with van der Waals surface area (Å²) in [5.41, 5.74) is 4.35. The van der Waals surface area contributed by atoms with E-state index in [4.69, 9.17) is 0 Å². The molecule has 0 unspecified atom stereocenters. The predicted octanol–water partition coefficient (Wildman–Crippen LogP) is 4.45. The molecule has 1 amide bonds. The van der Waals surface area contributed by atoms with Gasteiger partial charge in [-0.15, -0.1) is 0 Å². The molecule has 1 N–H and O–H groups in total. The van der Waals surface area contributed by atoms with E-state index in [9.17, 15) is 13.2 Å². The van der Waals surface area contributed by atoms with Crippen LogP contribution in [-0.2, 0) is 9.84 Å². The van der Waals surface area contributed by atoms with Crippen molar-refractivity contribution in [2.45, 2.75) is 32.6 Å². The van der Waals surface area contributed by atoms with Crippen LogP contribution in [0.4, 0.5) is 5.82 Å². The number of carbonyl (C=O) groups is 1. The van der Waals surface area contributed by atoms with Crippen LogP contribution in [0.15, 0.2) is 47.4 Å². The number of sulfone groups is 1. The van der Waals surface area contributed by atoms with E-state index in [1.807, 2.05) is 13.0 Å². The molecule has 0 saturated heterocycles. The van der Waals surface area contributed by atoms with Crippen LogP contribution in [0.1, 0.15) is 34.1 Å². The van der Waals surface area contributed by atoms with Gasteiger partial charge in [-0.3, -0.25) is 4.79 Å². The number of hydrogen-bond acceptors (Lipinski definition) is 6. The van der Waals surface area contributed by atoms with Gasteiger partial charge in [0.15, 0.2) is 9.84 Å². The first kappa shape index (κ1) is 21.2. The van der Waals surface area contributed by atoms with Crippen LogP contribution < -0.4 is 5.32 Å². The van der Waals surface area contributed by atoms with Gasteiger partial charge in [0.1, 0.15) is 5.82 Å². The van der Waals surface area contributed by atoms with Gasteiger partial charge in [0.05, 0.1) is 26.6 Å². The Labute approximate surface area is 184 Å². The molecule has 0 bridgehead atoms. The van der Waals surface area contributed by atoms with Crippen molar-refractivity contribution >= 4 is 43.1 Å². The van der Waals surface area contributed by atoms with E-state index in [0.717, 1.165) is 15.9 Å². The fourth-order valence-electron chi connectivity index (χ4n) is 3.16. The van der Waals surface area contributed by atoms with Crippen LogP contribution in [0, 0.1) is 20.8 Å². The van der Waals surface area contributed by atoms with Crippen molar-refractivity contribution in [2.24, 2.45) is 0 Å². The number of rotatable bonds is 5. The first-order valence-electron chi connectivity index (χ1n) is 9.77.